The van der Waals surface area contributed by atoms with Crippen molar-refractivity contribution < 1.29 is 0 Å². The molecule has 0 saturated heterocycles. The van der Waals surface area contributed by atoms with E-state index in [0.717, 1.165) is 12.8 Å². The van der Waals surface area contributed by atoms with E-state index in [1.165, 1.54) is 22.4 Å². The average Bonchev–Trinajstić information content (AvgIpc) is 2.63. The molecule has 3 N–H and O–H groups in total. The smallest absolute Gasteiger partial charge is 0.0619 e. The largest absolute Gasteiger partial charge is 0.318 e. The van der Waals surface area contributed by atoms with Crippen LogP contribution in [0.5, 0.6) is 0 Å². The van der Waals surface area contributed by atoms with Crippen LogP contribution in [0.1, 0.15) is 37.4 Å². The Morgan fingerprint density at radius 1 is 1.62 bits per heavy atom. The van der Waals surface area contributed by atoms with Crippen LogP contribution in [-0.4, -0.2) is 15.7 Å². The average molecular weight is 215 g/mol. The minimum atomic E-state index is -0.290. The first kappa shape index (κ1) is 9.85. The second-order valence-electron chi connectivity index (χ2n) is 5.01. The maximum absolute atomic E-state index is 6.53. The Hall–Kier alpha value is -1.35. The van der Waals surface area contributed by atoms with Gasteiger partial charge in [0.15, 0.2) is 0 Å². The summed E-state index contributed by atoms with van der Waals surface area (Å²) in [5.74, 6) is 0.433. The third-order valence-corrected chi connectivity index (χ3v) is 3.85. The number of aromatic nitrogens is 2. The van der Waals surface area contributed by atoms with E-state index < -0.39 is 0 Å². The Bertz CT molecular complexity index is 495. The number of rotatable bonds is 0. The molecule has 1 heterocycles. The minimum absolute atomic E-state index is 0.290. The molecule has 84 valence electrons. The molecule has 0 amide bonds. The molecule has 3 heteroatoms. The molecule has 16 heavy (non-hydrogen) atoms. The first-order valence-corrected chi connectivity index (χ1v) is 5.80. The summed E-state index contributed by atoms with van der Waals surface area (Å²) in [4.78, 5) is 0. The number of H-pyrrole nitrogens is 1. The van der Waals surface area contributed by atoms with Gasteiger partial charge in [-0.1, -0.05) is 17.7 Å². The molecule has 2 aliphatic carbocycles. The van der Waals surface area contributed by atoms with Crippen LogP contribution in [0, 0.1) is 0 Å². The van der Waals surface area contributed by atoms with E-state index in [2.05, 4.69) is 36.2 Å². The fourth-order valence-electron chi connectivity index (χ4n) is 3.30. The summed E-state index contributed by atoms with van der Waals surface area (Å²) in [6, 6.07) is 0. The summed E-state index contributed by atoms with van der Waals surface area (Å²) < 4.78 is 0. The number of nitrogens with zero attached hydrogens (tertiary/aromatic N) is 1. The Morgan fingerprint density at radius 2 is 2.44 bits per heavy atom. The van der Waals surface area contributed by atoms with Crippen LogP contribution in [0.4, 0.5) is 0 Å². The van der Waals surface area contributed by atoms with Crippen molar-refractivity contribution in [1.29, 1.82) is 0 Å². The van der Waals surface area contributed by atoms with Gasteiger partial charge in [-0.2, -0.15) is 5.10 Å². The summed E-state index contributed by atoms with van der Waals surface area (Å²) in [6.07, 6.45) is 8.29. The lowest BCUT2D eigenvalue weighted by atomic mass is 9.65. The number of nitrogens with one attached hydrogen (secondary N) is 1. The van der Waals surface area contributed by atoms with Gasteiger partial charge in [-0.05, 0) is 25.8 Å². The van der Waals surface area contributed by atoms with Crippen molar-refractivity contribution in [3.8, 4) is 0 Å². The fraction of sp³-hybridized carbons (Fsp3) is 0.462. The molecular weight excluding hydrogens is 198 g/mol. The van der Waals surface area contributed by atoms with Gasteiger partial charge in [-0.3, -0.25) is 5.10 Å². The number of fused-ring (bicyclic) bond motifs is 4. The monoisotopic (exact) mass is 215 g/mol. The zero-order valence-electron chi connectivity index (χ0n) is 9.75. The Morgan fingerprint density at radius 3 is 3.19 bits per heavy atom. The summed E-state index contributed by atoms with van der Waals surface area (Å²) in [7, 11) is 0. The molecule has 1 aromatic heterocycles. The van der Waals surface area contributed by atoms with Crippen molar-refractivity contribution in [1.82, 2.24) is 10.2 Å². The summed E-state index contributed by atoms with van der Waals surface area (Å²) in [6.45, 7) is 4.26. The third-order valence-electron chi connectivity index (χ3n) is 3.85. The van der Waals surface area contributed by atoms with Gasteiger partial charge in [0.2, 0.25) is 0 Å². The highest BCUT2D eigenvalue weighted by molar-refractivity contribution is 5.50. The second-order valence-corrected chi connectivity index (χ2v) is 5.01. The van der Waals surface area contributed by atoms with Crippen molar-refractivity contribution in [3.63, 3.8) is 0 Å². The molecule has 1 unspecified atom stereocenters. The van der Waals surface area contributed by atoms with Gasteiger partial charge >= 0.3 is 0 Å². The van der Waals surface area contributed by atoms with Crippen LogP contribution in [0.25, 0.3) is 0 Å². The Kier molecular flexibility index (Phi) is 1.89. The first-order valence-electron chi connectivity index (χ1n) is 5.80. The maximum atomic E-state index is 6.53. The van der Waals surface area contributed by atoms with Gasteiger partial charge in [-0.15, -0.1) is 0 Å². The first-order chi connectivity index (χ1) is 7.64. The topological polar surface area (TPSA) is 54.7 Å². The molecular formula is C13H17N3. The molecule has 3 rings (SSSR count). The van der Waals surface area contributed by atoms with Crippen LogP contribution < -0.4 is 5.73 Å². The van der Waals surface area contributed by atoms with Crippen LogP contribution in [0.15, 0.2) is 29.5 Å². The number of hydrogen-bond donors (Lipinski definition) is 2. The lowest BCUT2D eigenvalue weighted by Gasteiger charge is -2.43. The van der Waals surface area contributed by atoms with Gasteiger partial charge in [0.25, 0.3) is 0 Å². The van der Waals surface area contributed by atoms with Gasteiger partial charge in [0.1, 0.15) is 0 Å². The van der Waals surface area contributed by atoms with Gasteiger partial charge < -0.3 is 5.73 Å². The quantitative estimate of drug-likeness (QED) is 0.651. The molecule has 0 spiro atoms. The molecule has 0 saturated carbocycles. The number of nitrogens with two attached hydrogens (primary N) is 1. The predicted molar refractivity (Wildman–Crippen MR) is 64.1 cm³/mol. The molecule has 0 aromatic carbocycles. The van der Waals surface area contributed by atoms with Crippen molar-refractivity contribution >= 4 is 0 Å². The summed E-state index contributed by atoms with van der Waals surface area (Å²) >= 11 is 0. The Balaban J connectivity index is 2.23. The van der Waals surface area contributed by atoms with E-state index >= 15 is 0 Å². The van der Waals surface area contributed by atoms with Crippen LogP contribution in [-0.2, 0) is 6.42 Å². The maximum Gasteiger partial charge on any atom is 0.0619 e. The van der Waals surface area contributed by atoms with Crippen LogP contribution in [0.2, 0.25) is 0 Å². The zero-order chi connectivity index (χ0) is 11.3. The summed E-state index contributed by atoms with van der Waals surface area (Å²) in [5, 5.41) is 7.24. The fourth-order valence-corrected chi connectivity index (χ4v) is 3.30. The second kappa shape index (κ2) is 3.08. The zero-order valence-corrected chi connectivity index (χ0v) is 9.75. The van der Waals surface area contributed by atoms with E-state index in [4.69, 9.17) is 5.73 Å². The van der Waals surface area contributed by atoms with E-state index in [-0.39, 0.29) is 5.54 Å². The van der Waals surface area contributed by atoms with Crippen LogP contribution in [0.3, 0.4) is 0 Å². The molecule has 2 bridgehead atoms. The highest BCUT2D eigenvalue weighted by atomic mass is 15.1. The minimum Gasteiger partial charge on any atom is -0.318 e. The summed E-state index contributed by atoms with van der Waals surface area (Å²) in [5.41, 5.74) is 11.5. The Labute approximate surface area is 95.4 Å². The standard InChI is InChI=1S/C13H17N3/c1-3-11-9-4-8(2)5-13(11,14)6-12-10(9)7-15-16-12/h3,5,7,9H,4,6,14H2,1-2H3,(H,15,16)/t9?,13-/m0/s1. The normalized spacial score (nSPS) is 34.8. The van der Waals surface area contributed by atoms with Crippen molar-refractivity contribution in [2.24, 2.45) is 5.73 Å². The van der Waals surface area contributed by atoms with Crippen LogP contribution >= 0.6 is 0 Å². The molecule has 1 aromatic rings. The molecule has 3 nitrogen and oxygen atoms in total. The molecule has 2 aliphatic rings. The SMILES string of the molecule is CC=C1C2CC(C)=C[C@]1(N)Cc1[nH]ncc12. The van der Waals surface area contributed by atoms with E-state index in [0.29, 0.717) is 5.92 Å². The molecule has 0 fully saturated rings. The van der Waals surface area contributed by atoms with Gasteiger partial charge in [0.05, 0.1) is 11.7 Å². The van der Waals surface area contributed by atoms with Crippen molar-refractivity contribution in [3.05, 3.63) is 40.8 Å². The van der Waals surface area contributed by atoms with E-state index in [1.807, 2.05) is 6.20 Å². The van der Waals surface area contributed by atoms with E-state index in [1.54, 1.807) is 0 Å². The van der Waals surface area contributed by atoms with Crippen molar-refractivity contribution in [2.75, 3.05) is 0 Å². The number of allylic oxidation sites excluding steroid dienone is 2. The lowest BCUT2D eigenvalue weighted by molar-refractivity contribution is 0.486. The van der Waals surface area contributed by atoms with E-state index in [9.17, 15) is 0 Å². The predicted octanol–water partition coefficient (Wildman–Crippen LogP) is 2.04. The highest BCUT2D eigenvalue weighted by Gasteiger charge is 2.42. The molecule has 2 atom stereocenters. The highest BCUT2D eigenvalue weighted by Crippen LogP contribution is 2.47. The molecule has 0 radical (unpaired) electrons. The van der Waals surface area contributed by atoms with Gasteiger partial charge in [-0.25, -0.2) is 0 Å². The van der Waals surface area contributed by atoms with Gasteiger partial charge in [0, 0.05) is 23.6 Å². The van der Waals surface area contributed by atoms with Crippen molar-refractivity contribution in [2.45, 2.75) is 38.1 Å². The number of hydrogen-bond acceptors (Lipinski definition) is 2. The molecule has 0 aliphatic heterocycles. The number of aromatic amines is 1. The third kappa shape index (κ3) is 1.15. The lowest BCUT2D eigenvalue weighted by Crippen LogP contribution is -2.49.